The van der Waals surface area contributed by atoms with E-state index in [-0.39, 0.29) is 11.3 Å². The van der Waals surface area contributed by atoms with Gasteiger partial charge in [0.15, 0.2) is 0 Å². The van der Waals surface area contributed by atoms with Crippen LogP contribution in [0.15, 0.2) is 30.4 Å². The van der Waals surface area contributed by atoms with Gasteiger partial charge in [-0.2, -0.15) is 0 Å². The van der Waals surface area contributed by atoms with E-state index in [1.54, 1.807) is 0 Å². The number of nitrogens with zero attached hydrogens (tertiary/aromatic N) is 1. The Morgan fingerprint density at radius 1 is 1.39 bits per heavy atom. The van der Waals surface area contributed by atoms with Crippen LogP contribution < -0.4 is 5.32 Å². The fraction of sp³-hybridized carbons (Fsp3) is 0.308. The van der Waals surface area contributed by atoms with Gasteiger partial charge in [0.05, 0.1) is 5.56 Å². The minimum Gasteiger partial charge on any atom is -0.507 e. The first-order valence-corrected chi connectivity index (χ1v) is 5.81. The molecule has 1 amide bonds. The summed E-state index contributed by atoms with van der Waals surface area (Å²) < 4.78 is 13.0. The number of hydrogen-bond acceptors (Lipinski definition) is 3. The third-order valence-electron chi connectivity index (χ3n) is 2.81. The highest BCUT2D eigenvalue weighted by atomic mass is 19.1. The smallest absolute Gasteiger partial charge is 0.255 e. The summed E-state index contributed by atoms with van der Waals surface area (Å²) in [5, 5.41) is 12.1. The van der Waals surface area contributed by atoms with E-state index >= 15 is 0 Å². The van der Waals surface area contributed by atoms with Gasteiger partial charge in [-0.05, 0) is 18.2 Å². The highest BCUT2D eigenvalue weighted by Gasteiger charge is 2.12. The molecule has 0 saturated carbocycles. The molecule has 0 fully saturated rings. The van der Waals surface area contributed by atoms with Crippen molar-refractivity contribution in [3.63, 3.8) is 0 Å². The summed E-state index contributed by atoms with van der Waals surface area (Å²) in [6.45, 7) is 2.98. The largest absolute Gasteiger partial charge is 0.507 e. The van der Waals surface area contributed by atoms with E-state index in [0.717, 1.165) is 31.8 Å². The van der Waals surface area contributed by atoms with Crippen molar-refractivity contribution in [3.8, 4) is 5.75 Å². The number of carbonyl (C=O) groups excluding carboxylic acids is 1. The molecule has 2 N–H and O–H groups in total. The average molecular weight is 250 g/mol. The molecule has 18 heavy (non-hydrogen) atoms. The van der Waals surface area contributed by atoms with Crippen LogP contribution in [0.5, 0.6) is 5.75 Å². The fourth-order valence-electron chi connectivity index (χ4n) is 1.82. The molecule has 0 radical (unpaired) electrons. The van der Waals surface area contributed by atoms with Gasteiger partial charge < -0.3 is 10.4 Å². The topological polar surface area (TPSA) is 52.6 Å². The lowest BCUT2D eigenvalue weighted by atomic mass is 10.2. The Bertz CT molecular complexity index is 466. The molecule has 1 aromatic carbocycles. The molecular weight excluding hydrogens is 235 g/mol. The van der Waals surface area contributed by atoms with Gasteiger partial charge >= 0.3 is 0 Å². The first-order valence-electron chi connectivity index (χ1n) is 5.81. The van der Waals surface area contributed by atoms with Crippen molar-refractivity contribution < 1.29 is 14.3 Å². The Balaban J connectivity index is 1.85. The second-order valence-corrected chi connectivity index (χ2v) is 4.15. The normalized spacial score (nSPS) is 14.9. The van der Waals surface area contributed by atoms with Crippen molar-refractivity contribution >= 4 is 5.91 Å². The van der Waals surface area contributed by atoms with Gasteiger partial charge in [0, 0.05) is 26.2 Å². The molecule has 2 rings (SSSR count). The Morgan fingerprint density at radius 2 is 2.11 bits per heavy atom. The molecule has 0 saturated heterocycles. The summed E-state index contributed by atoms with van der Waals surface area (Å²) in [7, 11) is 0. The molecular formula is C13H15FN2O2. The van der Waals surface area contributed by atoms with Crippen LogP contribution in [0.3, 0.4) is 0 Å². The zero-order valence-electron chi connectivity index (χ0n) is 9.90. The maximum Gasteiger partial charge on any atom is 0.255 e. The molecule has 1 heterocycles. The Hall–Kier alpha value is -1.88. The van der Waals surface area contributed by atoms with E-state index in [1.165, 1.54) is 6.07 Å². The standard InChI is InChI=1S/C13H15FN2O2/c14-10-3-4-12(17)11(9-10)13(18)15-5-8-16-6-1-2-7-16/h1-4,9,17H,5-8H2,(H,15,18). The number of rotatable bonds is 4. The maximum absolute atomic E-state index is 13.0. The monoisotopic (exact) mass is 250 g/mol. The van der Waals surface area contributed by atoms with Crippen LogP contribution in [0.1, 0.15) is 10.4 Å². The van der Waals surface area contributed by atoms with Crippen LogP contribution in [-0.4, -0.2) is 42.1 Å². The lowest BCUT2D eigenvalue weighted by molar-refractivity contribution is 0.0947. The predicted octanol–water partition coefficient (Wildman–Crippen LogP) is 1.13. The first-order chi connectivity index (χ1) is 8.66. The molecule has 1 aliphatic heterocycles. The van der Waals surface area contributed by atoms with Gasteiger partial charge in [-0.1, -0.05) is 12.2 Å². The second kappa shape index (κ2) is 5.64. The summed E-state index contributed by atoms with van der Waals surface area (Å²) in [4.78, 5) is 13.9. The van der Waals surface area contributed by atoms with Gasteiger partial charge in [0.2, 0.25) is 0 Å². The van der Waals surface area contributed by atoms with E-state index in [2.05, 4.69) is 22.4 Å². The van der Waals surface area contributed by atoms with Crippen LogP contribution in [0, 0.1) is 5.82 Å². The molecule has 1 aliphatic rings. The van der Waals surface area contributed by atoms with E-state index < -0.39 is 11.7 Å². The van der Waals surface area contributed by atoms with Crippen LogP contribution in [0.2, 0.25) is 0 Å². The van der Waals surface area contributed by atoms with Gasteiger partial charge in [0.25, 0.3) is 5.91 Å². The highest BCUT2D eigenvalue weighted by molar-refractivity contribution is 5.96. The minimum absolute atomic E-state index is 0.0328. The second-order valence-electron chi connectivity index (χ2n) is 4.15. The lowest BCUT2D eigenvalue weighted by Crippen LogP contribution is -2.33. The van der Waals surface area contributed by atoms with Crippen molar-refractivity contribution in [1.29, 1.82) is 0 Å². The van der Waals surface area contributed by atoms with Gasteiger partial charge in [0.1, 0.15) is 11.6 Å². The van der Waals surface area contributed by atoms with Crippen molar-refractivity contribution in [1.82, 2.24) is 10.2 Å². The first kappa shape index (κ1) is 12.6. The molecule has 96 valence electrons. The molecule has 0 bridgehead atoms. The van der Waals surface area contributed by atoms with Gasteiger partial charge in [-0.3, -0.25) is 9.69 Å². The van der Waals surface area contributed by atoms with E-state index in [1.807, 2.05) is 0 Å². The summed E-state index contributed by atoms with van der Waals surface area (Å²) in [5.41, 5.74) is -0.0328. The SMILES string of the molecule is O=C(NCCN1CC=CC1)c1cc(F)ccc1O. The van der Waals surface area contributed by atoms with Crippen molar-refractivity contribution in [2.45, 2.75) is 0 Å². The number of aromatic hydroxyl groups is 1. The summed E-state index contributed by atoms with van der Waals surface area (Å²) in [6, 6.07) is 3.32. The molecule has 0 spiro atoms. The van der Waals surface area contributed by atoms with Gasteiger partial charge in [-0.25, -0.2) is 4.39 Å². The predicted molar refractivity (Wildman–Crippen MR) is 66.0 cm³/mol. The highest BCUT2D eigenvalue weighted by Crippen LogP contribution is 2.17. The number of phenols is 1. The van der Waals surface area contributed by atoms with Gasteiger partial charge in [-0.15, -0.1) is 0 Å². The Kier molecular flexibility index (Phi) is 3.94. The third kappa shape index (κ3) is 3.07. The molecule has 4 nitrogen and oxygen atoms in total. The quantitative estimate of drug-likeness (QED) is 0.788. The minimum atomic E-state index is -0.540. The van der Waals surface area contributed by atoms with Crippen molar-refractivity contribution in [2.75, 3.05) is 26.2 Å². The van der Waals surface area contributed by atoms with Crippen LogP contribution in [-0.2, 0) is 0 Å². The fourth-order valence-corrected chi connectivity index (χ4v) is 1.82. The van der Waals surface area contributed by atoms with Crippen LogP contribution >= 0.6 is 0 Å². The summed E-state index contributed by atoms with van der Waals surface area (Å²) in [5.74, 6) is -1.21. The Labute approximate surface area is 105 Å². The van der Waals surface area contributed by atoms with Crippen molar-refractivity contribution in [3.05, 3.63) is 41.7 Å². The zero-order valence-corrected chi connectivity index (χ0v) is 9.90. The number of halogens is 1. The van der Waals surface area contributed by atoms with Crippen LogP contribution in [0.25, 0.3) is 0 Å². The van der Waals surface area contributed by atoms with E-state index in [9.17, 15) is 14.3 Å². The number of amides is 1. The third-order valence-corrected chi connectivity index (χ3v) is 2.81. The molecule has 0 aliphatic carbocycles. The number of nitrogens with one attached hydrogen (secondary N) is 1. The summed E-state index contributed by atoms with van der Waals surface area (Å²) in [6.07, 6.45) is 4.14. The molecule has 5 heteroatoms. The molecule has 0 aromatic heterocycles. The molecule has 1 aromatic rings. The van der Waals surface area contributed by atoms with Crippen molar-refractivity contribution in [2.24, 2.45) is 0 Å². The van der Waals surface area contributed by atoms with Crippen LogP contribution in [0.4, 0.5) is 4.39 Å². The van der Waals surface area contributed by atoms with E-state index in [0.29, 0.717) is 6.54 Å². The molecule has 0 atom stereocenters. The Morgan fingerprint density at radius 3 is 2.83 bits per heavy atom. The van der Waals surface area contributed by atoms with E-state index in [4.69, 9.17) is 0 Å². The zero-order chi connectivity index (χ0) is 13.0. The molecule has 0 unspecified atom stereocenters. The maximum atomic E-state index is 13.0. The summed E-state index contributed by atoms with van der Waals surface area (Å²) >= 11 is 0. The number of carbonyl (C=O) groups is 1. The number of phenolic OH excluding ortho intramolecular Hbond substituents is 1. The number of benzene rings is 1. The average Bonchev–Trinajstić information content (AvgIpc) is 2.85. The lowest BCUT2D eigenvalue weighted by Gasteiger charge is -2.15. The number of hydrogen-bond donors (Lipinski definition) is 2.